The van der Waals surface area contributed by atoms with Crippen molar-refractivity contribution in [3.63, 3.8) is 0 Å². The third-order valence-corrected chi connectivity index (χ3v) is 3.64. The SMILES string of the molecule is CCn1ccnc1CNc1cc(C(C)(C)C)ccc1OC. The van der Waals surface area contributed by atoms with Crippen molar-refractivity contribution >= 4 is 5.69 Å². The first kappa shape index (κ1) is 15.4. The van der Waals surface area contributed by atoms with E-state index in [4.69, 9.17) is 4.74 Å². The topological polar surface area (TPSA) is 39.1 Å². The summed E-state index contributed by atoms with van der Waals surface area (Å²) in [5.74, 6) is 1.89. The van der Waals surface area contributed by atoms with Gasteiger partial charge in [-0.05, 0) is 30.0 Å². The Labute approximate surface area is 127 Å². The Morgan fingerprint density at radius 1 is 1.29 bits per heavy atom. The van der Waals surface area contributed by atoms with Crippen molar-refractivity contribution in [2.45, 2.75) is 46.2 Å². The number of imidazole rings is 1. The van der Waals surface area contributed by atoms with Crippen LogP contribution < -0.4 is 10.1 Å². The van der Waals surface area contributed by atoms with Crippen LogP contribution in [0.5, 0.6) is 5.75 Å². The van der Waals surface area contributed by atoms with Crippen LogP contribution in [0.3, 0.4) is 0 Å². The highest BCUT2D eigenvalue weighted by Crippen LogP contribution is 2.31. The maximum atomic E-state index is 5.45. The Balaban J connectivity index is 2.22. The zero-order chi connectivity index (χ0) is 15.5. The molecule has 0 bridgehead atoms. The molecular formula is C17H25N3O. The highest BCUT2D eigenvalue weighted by Gasteiger charge is 2.16. The second-order valence-corrected chi connectivity index (χ2v) is 6.15. The van der Waals surface area contributed by atoms with Crippen LogP contribution in [-0.2, 0) is 18.5 Å². The van der Waals surface area contributed by atoms with Gasteiger partial charge in [-0.2, -0.15) is 0 Å². The molecule has 21 heavy (non-hydrogen) atoms. The largest absolute Gasteiger partial charge is 0.495 e. The predicted octanol–water partition coefficient (Wildman–Crippen LogP) is 3.82. The third-order valence-electron chi connectivity index (χ3n) is 3.64. The first-order valence-corrected chi connectivity index (χ1v) is 7.38. The lowest BCUT2D eigenvalue weighted by atomic mass is 9.87. The van der Waals surface area contributed by atoms with Crippen LogP contribution >= 0.6 is 0 Å². The predicted molar refractivity (Wildman–Crippen MR) is 86.9 cm³/mol. The van der Waals surface area contributed by atoms with Gasteiger partial charge < -0.3 is 14.6 Å². The second kappa shape index (κ2) is 6.20. The first-order valence-electron chi connectivity index (χ1n) is 7.38. The smallest absolute Gasteiger partial charge is 0.141 e. The summed E-state index contributed by atoms with van der Waals surface area (Å²) in [7, 11) is 1.70. The average molecular weight is 287 g/mol. The van der Waals surface area contributed by atoms with Crippen molar-refractivity contribution in [2.24, 2.45) is 0 Å². The summed E-state index contributed by atoms with van der Waals surface area (Å²) in [6.07, 6.45) is 3.84. The van der Waals surface area contributed by atoms with Crippen LogP contribution in [0.4, 0.5) is 5.69 Å². The summed E-state index contributed by atoms with van der Waals surface area (Å²) in [5.41, 5.74) is 2.41. The Hall–Kier alpha value is -1.97. The molecule has 4 heteroatoms. The van der Waals surface area contributed by atoms with Gasteiger partial charge in [0.1, 0.15) is 11.6 Å². The van der Waals surface area contributed by atoms with E-state index in [1.54, 1.807) is 7.11 Å². The molecule has 2 rings (SSSR count). The van der Waals surface area contributed by atoms with E-state index in [1.807, 2.05) is 18.5 Å². The summed E-state index contributed by atoms with van der Waals surface area (Å²) < 4.78 is 7.58. The zero-order valence-electron chi connectivity index (χ0n) is 13.6. The third kappa shape index (κ3) is 3.57. The summed E-state index contributed by atoms with van der Waals surface area (Å²) >= 11 is 0. The average Bonchev–Trinajstić information content (AvgIpc) is 2.91. The van der Waals surface area contributed by atoms with Gasteiger partial charge in [0.05, 0.1) is 19.3 Å². The standard InChI is InChI=1S/C17H25N3O/c1-6-20-10-9-18-16(20)12-19-14-11-13(17(2,3)4)7-8-15(14)21-5/h7-11,19H,6,12H2,1-5H3. The van der Waals surface area contributed by atoms with Crippen LogP contribution in [-0.4, -0.2) is 16.7 Å². The van der Waals surface area contributed by atoms with Gasteiger partial charge in [-0.25, -0.2) is 4.98 Å². The van der Waals surface area contributed by atoms with Crippen LogP contribution in [0.25, 0.3) is 0 Å². The minimum Gasteiger partial charge on any atom is -0.495 e. The van der Waals surface area contributed by atoms with E-state index in [0.717, 1.165) is 23.8 Å². The number of benzene rings is 1. The fourth-order valence-electron chi connectivity index (χ4n) is 2.28. The highest BCUT2D eigenvalue weighted by atomic mass is 16.5. The number of hydrogen-bond donors (Lipinski definition) is 1. The number of aromatic nitrogens is 2. The molecule has 0 atom stereocenters. The van der Waals surface area contributed by atoms with Crippen molar-refractivity contribution in [3.05, 3.63) is 42.0 Å². The molecule has 1 N–H and O–H groups in total. The quantitative estimate of drug-likeness (QED) is 0.908. The summed E-state index contributed by atoms with van der Waals surface area (Å²) in [6, 6.07) is 6.31. The minimum absolute atomic E-state index is 0.116. The summed E-state index contributed by atoms with van der Waals surface area (Å²) in [6.45, 7) is 10.4. The fourth-order valence-corrected chi connectivity index (χ4v) is 2.28. The van der Waals surface area contributed by atoms with E-state index in [1.165, 1.54) is 5.56 Å². The van der Waals surface area contributed by atoms with Gasteiger partial charge in [0.2, 0.25) is 0 Å². The molecular weight excluding hydrogens is 262 g/mol. The van der Waals surface area contributed by atoms with E-state index in [2.05, 4.69) is 54.7 Å². The summed E-state index contributed by atoms with van der Waals surface area (Å²) in [4.78, 5) is 4.39. The normalized spacial score (nSPS) is 11.5. The van der Waals surface area contributed by atoms with E-state index in [9.17, 15) is 0 Å². The van der Waals surface area contributed by atoms with Gasteiger partial charge in [-0.1, -0.05) is 26.8 Å². The maximum Gasteiger partial charge on any atom is 0.141 e. The number of nitrogens with one attached hydrogen (secondary N) is 1. The number of rotatable bonds is 5. The van der Waals surface area contributed by atoms with Crippen LogP contribution in [0, 0.1) is 0 Å². The molecule has 0 fully saturated rings. The fraction of sp³-hybridized carbons (Fsp3) is 0.471. The Bertz CT molecular complexity index is 596. The number of aryl methyl sites for hydroxylation is 1. The van der Waals surface area contributed by atoms with Gasteiger partial charge in [0.25, 0.3) is 0 Å². The zero-order valence-corrected chi connectivity index (χ0v) is 13.6. The number of nitrogens with zero attached hydrogens (tertiary/aromatic N) is 2. The Kier molecular flexibility index (Phi) is 4.56. The van der Waals surface area contributed by atoms with Crippen LogP contribution in [0.15, 0.2) is 30.6 Å². The number of methoxy groups -OCH3 is 1. The van der Waals surface area contributed by atoms with E-state index < -0.39 is 0 Å². The van der Waals surface area contributed by atoms with E-state index >= 15 is 0 Å². The van der Waals surface area contributed by atoms with Crippen molar-refractivity contribution in [3.8, 4) is 5.75 Å². The molecule has 0 radical (unpaired) electrons. The van der Waals surface area contributed by atoms with Crippen LogP contribution in [0.2, 0.25) is 0 Å². The molecule has 0 saturated heterocycles. The number of hydrogen-bond acceptors (Lipinski definition) is 3. The molecule has 0 aliphatic heterocycles. The molecule has 0 spiro atoms. The molecule has 0 unspecified atom stereocenters. The summed E-state index contributed by atoms with van der Waals surface area (Å²) in [5, 5.41) is 3.45. The van der Waals surface area contributed by atoms with Crippen molar-refractivity contribution < 1.29 is 4.74 Å². The van der Waals surface area contributed by atoms with Crippen molar-refractivity contribution in [1.82, 2.24) is 9.55 Å². The van der Waals surface area contributed by atoms with E-state index in [-0.39, 0.29) is 5.41 Å². The van der Waals surface area contributed by atoms with E-state index in [0.29, 0.717) is 6.54 Å². The maximum absolute atomic E-state index is 5.45. The monoisotopic (exact) mass is 287 g/mol. The van der Waals surface area contributed by atoms with Gasteiger partial charge in [0.15, 0.2) is 0 Å². The molecule has 114 valence electrons. The lowest BCUT2D eigenvalue weighted by Crippen LogP contribution is -2.13. The molecule has 1 heterocycles. The number of ether oxygens (including phenoxy) is 1. The first-order chi connectivity index (χ1) is 9.95. The molecule has 0 aliphatic rings. The van der Waals surface area contributed by atoms with Gasteiger partial charge in [-0.3, -0.25) is 0 Å². The molecule has 2 aromatic rings. The molecule has 1 aromatic heterocycles. The second-order valence-electron chi connectivity index (χ2n) is 6.15. The molecule has 4 nitrogen and oxygen atoms in total. The van der Waals surface area contributed by atoms with Gasteiger partial charge in [-0.15, -0.1) is 0 Å². The molecule has 0 amide bonds. The molecule has 1 aromatic carbocycles. The van der Waals surface area contributed by atoms with Gasteiger partial charge >= 0.3 is 0 Å². The lowest BCUT2D eigenvalue weighted by Gasteiger charge is -2.21. The van der Waals surface area contributed by atoms with Gasteiger partial charge in [0, 0.05) is 18.9 Å². The highest BCUT2D eigenvalue weighted by molar-refractivity contribution is 5.59. The minimum atomic E-state index is 0.116. The van der Waals surface area contributed by atoms with Crippen molar-refractivity contribution in [2.75, 3.05) is 12.4 Å². The Morgan fingerprint density at radius 3 is 2.67 bits per heavy atom. The Morgan fingerprint density at radius 2 is 2.05 bits per heavy atom. The lowest BCUT2D eigenvalue weighted by molar-refractivity contribution is 0.416. The molecule has 0 saturated carbocycles. The van der Waals surface area contributed by atoms with Crippen LogP contribution in [0.1, 0.15) is 39.1 Å². The molecule has 0 aliphatic carbocycles. The number of anilines is 1. The van der Waals surface area contributed by atoms with Crippen molar-refractivity contribution in [1.29, 1.82) is 0 Å².